The Morgan fingerprint density at radius 1 is 1.53 bits per heavy atom. The van der Waals surface area contributed by atoms with E-state index in [1.165, 1.54) is 0 Å². The van der Waals surface area contributed by atoms with E-state index in [-0.39, 0.29) is 17.5 Å². The molecule has 0 spiro atoms. The fourth-order valence-corrected chi connectivity index (χ4v) is 1.82. The third kappa shape index (κ3) is 2.92. The summed E-state index contributed by atoms with van der Waals surface area (Å²) in [6, 6.07) is -0.0419. The van der Waals surface area contributed by atoms with Gasteiger partial charge in [-0.3, -0.25) is 9.69 Å². The van der Waals surface area contributed by atoms with Crippen LogP contribution in [0.5, 0.6) is 0 Å². The first-order valence-electron chi connectivity index (χ1n) is 5.83. The van der Waals surface area contributed by atoms with E-state index in [1.54, 1.807) is 0 Å². The quantitative estimate of drug-likeness (QED) is 0.691. The van der Waals surface area contributed by atoms with Gasteiger partial charge in [-0.05, 0) is 19.8 Å². The lowest BCUT2D eigenvalue weighted by Crippen LogP contribution is -2.70. The number of likely N-dealkylation sites (tertiary alicyclic amines) is 1. The van der Waals surface area contributed by atoms with Gasteiger partial charge in [0.2, 0.25) is 5.91 Å². The molecule has 1 fully saturated rings. The van der Waals surface area contributed by atoms with Crippen molar-refractivity contribution in [3.8, 4) is 0 Å². The molecule has 0 radical (unpaired) electrons. The van der Waals surface area contributed by atoms with Crippen LogP contribution in [-0.2, 0) is 4.79 Å². The van der Waals surface area contributed by atoms with Gasteiger partial charge in [-0.15, -0.1) is 0 Å². The van der Waals surface area contributed by atoms with E-state index in [0.717, 1.165) is 32.5 Å². The third-order valence-electron chi connectivity index (χ3n) is 3.22. The average molecular weight is 213 g/mol. The lowest BCUT2D eigenvalue weighted by atomic mass is 9.87. The van der Waals surface area contributed by atoms with Crippen LogP contribution in [-0.4, -0.2) is 42.0 Å². The van der Waals surface area contributed by atoms with Crippen LogP contribution in [0.25, 0.3) is 0 Å². The molecule has 0 aromatic carbocycles. The fraction of sp³-hybridized carbons (Fsp3) is 0.909. The van der Waals surface area contributed by atoms with Gasteiger partial charge in [-0.25, -0.2) is 0 Å². The lowest BCUT2D eigenvalue weighted by molar-refractivity contribution is -0.129. The highest BCUT2D eigenvalue weighted by Crippen LogP contribution is 2.23. The Morgan fingerprint density at radius 3 is 2.60 bits per heavy atom. The van der Waals surface area contributed by atoms with E-state index in [2.05, 4.69) is 24.1 Å². The van der Waals surface area contributed by atoms with E-state index in [9.17, 15) is 4.79 Å². The molecule has 1 saturated heterocycles. The number of hydrogen-bond donors (Lipinski definition) is 2. The van der Waals surface area contributed by atoms with Crippen LogP contribution >= 0.6 is 0 Å². The summed E-state index contributed by atoms with van der Waals surface area (Å²) in [5, 5.41) is 2.91. The maximum Gasteiger partial charge on any atom is 0.237 e. The van der Waals surface area contributed by atoms with Crippen molar-refractivity contribution >= 4 is 5.91 Å². The smallest absolute Gasteiger partial charge is 0.237 e. The van der Waals surface area contributed by atoms with Crippen LogP contribution in [0.2, 0.25) is 0 Å². The summed E-state index contributed by atoms with van der Waals surface area (Å²) in [5.74, 6) is 0.120. The first-order chi connectivity index (χ1) is 7.02. The Hall–Kier alpha value is -0.610. The Bertz CT molecular complexity index is 224. The summed E-state index contributed by atoms with van der Waals surface area (Å²) >= 11 is 0. The van der Waals surface area contributed by atoms with E-state index >= 15 is 0 Å². The van der Waals surface area contributed by atoms with Crippen LogP contribution in [0.3, 0.4) is 0 Å². The zero-order valence-corrected chi connectivity index (χ0v) is 10.0. The molecule has 0 aliphatic carbocycles. The van der Waals surface area contributed by atoms with Crippen LogP contribution in [0.1, 0.15) is 33.6 Å². The molecular formula is C11H23N3O. The summed E-state index contributed by atoms with van der Waals surface area (Å²) < 4.78 is 0. The summed E-state index contributed by atoms with van der Waals surface area (Å²) in [5.41, 5.74) is 6.00. The largest absolute Gasteiger partial charge is 0.355 e. The summed E-state index contributed by atoms with van der Waals surface area (Å²) in [6.07, 6.45) is 1.96. The minimum atomic E-state index is -0.0563. The third-order valence-corrected chi connectivity index (χ3v) is 3.22. The predicted octanol–water partition coefficient (Wildman–Crippen LogP) is 0.324. The first-order valence-corrected chi connectivity index (χ1v) is 5.83. The first kappa shape index (κ1) is 12.5. The van der Waals surface area contributed by atoms with Crippen molar-refractivity contribution in [2.45, 2.75) is 45.2 Å². The molecule has 1 atom stereocenters. The zero-order valence-electron chi connectivity index (χ0n) is 10.0. The summed E-state index contributed by atoms with van der Waals surface area (Å²) in [4.78, 5) is 13.8. The van der Waals surface area contributed by atoms with Gasteiger partial charge < -0.3 is 11.1 Å². The van der Waals surface area contributed by atoms with Gasteiger partial charge in [0.15, 0.2) is 0 Å². The molecule has 4 nitrogen and oxygen atoms in total. The Kier molecular flexibility index (Phi) is 4.11. The maximum atomic E-state index is 11.6. The fourth-order valence-electron chi connectivity index (χ4n) is 1.82. The molecule has 1 aliphatic heterocycles. The molecule has 1 amide bonds. The van der Waals surface area contributed by atoms with Gasteiger partial charge in [0.1, 0.15) is 0 Å². The molecular weight excluding hydrogens is 190 g/mol. The van der Waals surface area contributed by atoms with E-state index in [4.69, 9.17) is 5.73 Å². The van der Waals surface area contributed by atoms with Crippen molar-refractivity contribution in [2.75, 3.05) is 19.6 Å². The monoisotopic (exact) mass is 213 g/mol. The molecule has 0 aromatic heterocycles. The van der Waals surface area contributed by atoms with Gasteiger partial charge in [0.25, 0.3) is 0 Å². The highest BCUT2D eigenvalue weighted by molar-refractivity contribution is 5.81. The molecule has 0 aromatic rings. The molecule has 1 heterocycles. The van der Waals surface area contributed by atoms with E-state index in [1.807, 2.05) is 6.92 Å². The standard InChI is InChI=1S/C11H23N3O/c1-4-6-13-10(15)9(3)14-7-11(12,5-2)8-14/h9H,4-8,12H2,1-3H3,(H,13,15). The van der Waals surface area contributed by atoms with Crippen molar-refractivity contribution in [2.24, 2.45) is 5.73 Å². The second kappa shape index (κ2) is 4.94. The molecule has 0 saturated carbocycles. The highest BCUT2D eigenvalue weighted by atomic mass is 16.2. The van der Waals surface area contributed by atoms with Gasteiger partial charge in [0, 0.05) is 25.2 Å². The van der Waals surface area contributed by atoms with Gasteiger partial charge in [-0.2, -0.15) is 0 Å². The summed E-state index contributed by atoms with van der Waals surface area (Å²) in [6.45, 7) is 8.53. The second-order valence-corrected chi connectivity index (χ2v) is 4.59. The SMILES string of the molecule is CCCNC(=O)C(C)N1CC(N)(CC)C1. The van der Waals surface area contributed by atoms with E-state index < -0.39 is 0 Å². The van der Waals surface area contributed by atoms with Crippen LogP contribution in [0, 0.1) is 0 Å². The van der Waals surface area contributed by atoms with Crippen molar-refractivity contribution < 1.29 is 4.79 Å². The number of carbonyl (C=O) groups is 1. The number of amides is 1. The van der Waals surface area contributed by atoms with Gasteiger partial charge in [-0.1, -0.05) is 13.8 Å². The average Bonchev–Trinajstić information content (AvgIpc) is 2.20. The molecule has 1 rings (SSSR count). The minimum Gasteiger partial charge on any atom is -0.355 e. The van der Waals surface area contributed by atoms with Crippen LogP contribution in [0.15, 0.2) is 0 Å². The number of nitrogens with two attached hydrogens (primary N) is 1. The van der Waals surface area contributed by atoms with Crippen molar-refractivity contribution in [3.63, 3.8) is 0 Å². The zero-order chi connectivity index (χ0) is 11.5. The van der Waals surface area contributed by atoms with Crippen molar-refractivity contribution in [3.05, 3.63) is 0 Å². The molecule has 88 valence electrons. The van der Waals surface area contributed by atoms with Crippen molar-refractivity contribution in [1.82, 2.24) is 10.2 Å². The highest BCUT2D eigenvalue weighted by Gasteiger charge is 2.41. The number of nitrogens with zero attached hydrogens (tertiary/aromatic N) is 1. The number of carbonyl (C=O) groups excluding carboxylic acids is 1. The Morgan fingerprint density at radius 2 is 2.13 bits per heavy atom. The molecule has 1 aliphatic rings. The van der Waals surface area contributed by atoms with Gasteiger partial charge >= 0.3 is 0 Å². The molecule has 0 bridgehead atoms. The molecule has 4 heteroatoms. The predicted molar refractivity (Wildman–Crippen MR) is 61.5 cm³/mol. The normalized spacial score (nSPS) is 21.9. The topological polar surface area (TPSA) is 58.4 Å². The molecule has 1 unspecified atom stereocenters. The Balaban J connectivity index is 2.31. The second-order valence-electron chi connectivity index (χ2n) is 4.59. The molecule has 15 heavy (non-hydrogen) atoms. The van der Waals surface area contributed by atoms with Crippen LogP contribution < -0.4 is 11.1 Å². The molecule has 3 N–H and O–H groups in total. The number of rotatable bonds is 5. The summed E-state index contributed by atoms with van der Waals surface area (Å²) in [7, 11) is 0. The van der Waals surface area contributed by atoms with Crippen LogP contribution in [0.4, 0.5) is 0 Å². The number of hydrogen-bond acceptors (Lipinski definition) is 3. The Labute approximate surface area is 92.2 Å². The van der Waals surface area contributed by atoms with Gasteiger partial charge in [0.05, 0.1) is 6.04 Å². The lowest BCUT2D eigenvalue weighted by Gasteiger charge is -2.49. The number of nitrogens with one attached hydrogen (secondary N) is 1. The minimum absolute atomic E-state index is 0.0419. The van der Waals surface area contributed by atoms with Crippen molar-refractivity contribution in [1.29, 1.82) is 0 Å². The maximum absolute atomic E-state index is 11.6. The van der Waals surface area contributed by atoms with E-state index in [0.29, 0.717) is 0 Å².